The lowest BCUT2D eigenvalue weighted by Gasteiger charge is -2.18. The fourth-order valence-corrected chi connectivity index (χ4v) is 2.20. The van der Waals surface area contributed by atoms with Crippen molar-refractivity contribution in [3.05, 3.63) is 36.2 Å². The topological polar surface area (TPSA) is 90.8 Å². The number of ether oxygens (including phenoxy) is 2. The Morgan fingerprint density at radius 3 is 2.82 bits per heavy atom. The van der Waals surface area contributed by atoms with Crippen molar-refractivity contribution in [2.45, 2.75) is 6.29 Å². The number of oxazole rings is 1. The molecule has 1 aromatic carbocycles. The van der Waals surface area contributed by atoms with Crippen LogP contribution < -0.4 is 5.73 Å². The average molecular weight is 303 g/mol. The number of amides is 1. The van der Waals surface area contributed by atoms with Crippen molar-refractivity contribution in [1.82, 2.24) is 9.88 Å². The number of anilines is 1. The van der Waals surface area contributed by atoms with Crippen molar-refractivity contribution < 1.29 is 18.7 Å². The first kappa shape index (κ1) is 14.6. The maximum atomic E-state index is 12.3. The van der Waals surface area contributed by atoms with E-state index in [1.165, 1.54) is 11.2 Å². The molecule has 0 spiro atoms. The molecule has 0 atom stereocenters. The molecule has 0 unspecified atom stereocenters. The van der Waals surface area contributed by atoms with E-state index >= 15 is 0 Å². The van der Waals surface area contributed by atoms with E-state index < -0.39 is 0 Å². The summed E-state index contributed by atoms with van der Waals surface area (Å²) in [5, 5.41) is 0. The van der Waals surface area contributed by atoms with Gasteiger partial charge in [-0.25, -0.2) is 4.98 Å². The standard InChI is InChI=1S/C15H17N3O4/c1-18(8-13-20-6-7-21-13)15(19)12-9-22-14(17-12)10-4-2-3-5-11(10)16/h2-5,9,13H,6-8,16H2,1H3. The maximum absolute atomic E-state index is 12.3. The molecular formula is C15H17N3O4. The van der Waals surface area contributed by atoms with Gasteiger partial charge in [0.15, 0.2) is 12.0 Å². The zero-order valence-corrected chi connectivity index (χ0v) is 12.2. The molecule has 22 heavy (non-hydrogen) atoms. The molecule has 1 fully saturated rings. The molecule has 0 radical (unpaired) electrons. The molecule has 7 heteroatoms. The smallest absolute Gasteiger partial charge is 0.275 e. The number of nitrogens with zero attached hydrogens (tertiary/aromatic N) is 2. The summed E-state index contributed by atoms with van der Waals surface area (Å²) in [7, 11) is 1.67. The van der Waals surface area contributed by atoms with Crippen molar-refractivity contribution >= 4 is 11.6 Å². The minimum atomic E-state index is -0.384. The van der Waals surface area contributed by atoms with Crippen molar-refractivity contribution in [3.63, 3.8) is 0 Å². The van der Waals surface area contributed by atoms with Gasteiger partial charge < -0.3 is 24.5 Å². The minimum Gasteiger partial charge on any atom is -0.444 e. The van der Waals surface area contributed by atoms with E-state index in [2.05, 4.69) is 4.98 Å². The molecule has 1 aliphatic heterocycles. The highest BCUT2D eigenvalue weighted by molar-refractivity contribution is 5.92. The van der Waals surface area contributed by atoms with Gasteiger partial charge in [0.05, 0.1) is 25.3 Å². The fraction of sp³-hybridized carbons (Fsp3) is 0.333. The van der Waals surface area contributed by atoms with E-state index in [0.717, 1.165) is 0 Å². The van der Waals surface area contributed by atoms with Gasteiger partial charge >= 0.3 is 0 Å². The first-order valence-electron chi connectivity index (χ1n) is 6.94. The van der Waals surface area contributed by atoms with Gasteiger partial charge in [-0.05, 0) is 12.1 Å². The summed E-state index contributed by atoms with van der Waals surface area (Å²) in [6, 6.07) is 7.20. The van der Waals surface area contributed by atoms with Crippen LogP contribution >= 0.6 is 0 Å². The molecule has 0 bridgehead atoms. The third-order valence-electron chi connectivity index (χ3n) is 3.37. The molecule has 116 valence electrons. The number of rotatable bonds is 4. The Labute approximate surface area is 127 Å². The summed E-state index contributed by atoms with van der Waals surface area (Å²) in [6.45, 7) is 1.44. The Hall–Kier alpha value is -2.38. The Morgan fingerprint density at radius 1 is 1.36 bits per heavy atom. The number of likely N-dealkylation sites (N-methyl/N-ethyl adjacent to an activating group) is 1. The van der Waals surface area contributed by atoms with Crippen LogP contribution in [-0.4, -0.2) is 48.9 Å². The summed E-state index contributed by atoms with van der Waals surface area (Å²) in [4.78, 5) is 18.0. The monoisotopic (exact) mass is 303 g/mol. The van der Waals surface area contributed by atoms with Gasteiger partial charge in [0.1, 0.15) is 6.26 Å². The highest BCUT2D eigenvalue weighted by Crippen LogP contribution is 2.24. The van der Waals surface area contributed by atoms with Crippen LogP contribution in [0.4, 0.5) is 5.69 Å². The second-order valence-corrected chi connectivity index (χ2v) is 4.98. The first-order chi connectivity index (χ1) is 10.6. The van der Waals surface area contributed by atoms with Crippen LogP contribution in [0.5, 0.6) is 0 Å². The van der Waals surface area contributed by atoms with E-state index in [9.17, 15) is 4.79 Å². The lowest BCUT2D eigenvalue weighted by molar-refractivity contribution is -0.0543. The van der Waals surface area contributed by atoms with Gasteiger partial charge in [-0.2, -0.15) is 0 Å². The molecule has 2 aromatic rings. The van der Waals surface area contributed by atoms with E-state index in [0.29, 0.717) is 36.9 Å². The average Bonchev–Trinajstić information content (AvgIpc) is 3.18. The summed E-state index contributed by atoms with van der Waals surface area (Å²) in [6.07, 6.45) is 0.946. The molecule has 1 aliphatic rings. The van der Waals surface area contributed by atoms with Crippen LogP contribution in [-0.2, 0) is 9.47 Å². The quantitative estimate of drug-likeness (QED) is 0.858. The van der Waals surface area contributed by atoms with E-state index in [4.69, 9.17) is 19.6 Å². The summed E-state index contributed by atoms with van der Waals surface area (Å²) < 4.78 is 16.0. The van der Waals surface area contributed by atoms with E-state index in [1.807, 2.05) is 12.1 Å². The van der Waals surface area contributed by atoms with Crippen LogP contribution in [0.3, 0.4) is 0 Å². The SMILES string of the molecule is CN(CC1OCCO1)C(=O)c1coc(-c2ccccc2N)n1. The number of hydrogen-bond acceptors (Lipinski definition) is 6. The second-order valence-electron chi connectivity index (χ2n) is 4.98. The summed E-state index contributed by atoms with van der Waals surface area (Å²) in [5.74, 6) is 0.0619. The number of carbonyl (C=O) groups is 1. The molecule has 1 aromatic heterocycles. The predicted molar refractivity (Wildman–Crippen MR) is 79.0 cm³/mol. The van der Waals surface area contributed by atoms with Crippen molar-refractivity contribution in [2.24, 2.45) is 0 Å². The van der Waals surface area contributed by atoms with Crippen molar-refractivity contribution in [2.75, 3.05) is 32.5 Å². The molecule has 2 N–H and O–H groups in total. The zero-order chi connectivity index (χ0) is 15.5. The van der Waals surface area contributed by atoms with Crippen LogP contribution in [0.2, 0.25) is 0 Å². The second kappa shape index (κ2) is 6.17. The fourth-order valence-electron chi connectivity index (χ4n) is 2.20. The summed E-state index contributed by atoms with van der Waals surface area (Å²) >= 11 is 0. The molecular weight excluding hydrogens is 286 g/mol. The van der Waals surface area contributed by atoms with E-state index in [1.54, 1.807) is 19.2 Å². The van der Waals surface area contributed by atoms with Gasteiger partial charge in [-0.3, -0.25) is 4.79 Å². The van der Waals surface area contributed by atoms with Gasteiger partial charge in [0, 0.05) is 12.7 Å². The van der Waals surface area contributed by atoms with Gasteiger partial charge in [0.2, 0.25) is 5.89 Å². The molecule has 7 nitrogen and oxygen atoms in total. The minimum absolute atomic E-state index is 0.221. The van der Waals surface area contributed by atoms with Crippen molar-refractivity contribution in [1.29, 1.82) is 0 Å². The number of benzene rings is 1. The molecule has 1 saturated heterocycles. The molecule has 0 aliphatic carbocycles. The predicted octanol–water partition coefficient (Wildman–Crippen LogP) is 1.37. The lowest BCUT2D eigenvalue weighted by Crippen LogP contribution is -2.34. The molecule has 1 amide bonds. The Balaban J connectivity index is 1.72. The molecule has 2 heterocycles. The first-order valence-corrected chi connectivity index (χ1v) is 6.94. The normalized spacial score (nSPS) is 15.1. The van der Waals surface area contributed by atoms with Crippen LogP contribution in [0.15, 0.2) is 34.9 Å². The van der Waals surface area contributed by atoms with Gasteiger partial charge in [0.25, 0.3) is 5.91 Å². The third kappa shape index (κ3) is 2.95. The lowest BCUT2D eigenvalue weighted by atomic mass is 10.2. The van der Waals surface area contributed by atoms with Crippen LogP contribution in [0.1, 0.15) is 10.5 Å². The zero-order valence-electron chi connectivity index (χ0n) is 12.2. The molecule has 3 rings (SSSR count). The number of carbonyl (C=O) groups excluding carboxylic acids is 1. The Morgan fingerprint density at radius 2 is 2.09 bits per heavy atom. The van der Waals surface area contributed by atoms with Crippen LogP contribution in [0.25, 0.3) is 11.5 Å². The third-order valence-corrected chi connectivity index (χ3v) is 3.37. The number of aromatic nitrogens is 1. The highest BCUT2D eigenvalue weighted by Gasteiger charge is 2.23. The Bertz CT molecular complexity index is 664. The number of para-hydroxylation sites is 1. The number of nitrogens with two attached hydrogens (primary N) is 1. The number of nitrogen functional groups attached to an aromatic ring is 1. The van der Waals surface area contributed by atoms with E-state index in [-0.39, 0.29) is 17.9 Å². The maximum Gasteiger partial charge on any atom is 0.275 e. The van der Waals surface area contributed by atoms with Crippen LogP contribution in [0, 0.1) is 0 Å². The summed E-state index contributed by atoms with van der Waals surface area (Å²) in [5.41, 5.74) is 7.30. The Kier molecular flexibility index (Phi) is 4.08. The largest absolute Gasteiger partial charge is 0.444 e. The van der Waals surface area contributed by atoms with Crippen molar-refractivity contribution in [3.8, 4) is 11.5 Å². The number of hydrogen-bond donors (Lipinski definition) is 1. The highest BCUT2D eigenvalue weighted by atomic mass is 16.7. The van der Waals surface area contributed by atoms with Gasteiger partial charge in [-0.1, -0.05) is 12.1 Å². The van der Waals surface area contributed by atoms with Gasteiger partial charge in [-0.15, -0.1) is 0 Å². The molecule has 0 saturated carbocycles.